The normalized spacial score (nSPS) is 12.5. The van der Waals surface area contributed by atoms with Gasteiger partial charge in [0.2, 0.25) is 10.0 Å². The van der Waals surface area contributed by atoms with Crippen LogP contribution in [0.3, 0.4) is 0 Å². The van der Waals surface area contributed by atoms with E-state index in [0.717, 1.165) is 11.3 Å². The van der Waals surface area contributed by atoms with Crippen molar-refractivity contribution in [2.24, 2.45) is 12.0 Å². The van der Waals surface area contributed by atoms with Crippen LogP contribution in [0.25, 0.3) is 0 Å². The van der Waals surface area contributed by atoms with Crippen LogP contribution in [0.15, 0.2) is 40.2 Å². The van der Waals surface area contributed by atoms with Crippen molar-refractivity contribution in [2.45, 2.75) is 18.0 Å². The molecule has 2 N–H and O–H groups in total. The Kier molecular flexibility index (Phi) is 7.16. The lowest BCUT2D eigenvalue weighted by molar-refractivity contribution is 0.520. The Bertz CT molecular complexity index is 922. The fraction of sp³-hybridized carbons (Fsp3) is 0.353. The molecule has 0 bridgehead atoms. The first-order valence-electron chi connectivity index (χ1n) is 8.12. The Morgan fingerprint density at radius 3 is 2.22 bits per heavy atom. The van der Waals surface area contributed by atoms with E-state index in [1.54, 1.807) is 41.9 Å². The van der Waals surface area contributed by atoms with Crippen LogP contribution in [0.2, 0.25) is 10.2 Å². The van der Waals surface area contributed by atoms with Crippen molar-refractivity contribution >= 4 is 39.2 Å². The number of benzene rings is 1. The molecule has 0 saturated heterocycles. The molecule has 0 aliphatic rings. The fourth-order valence-electron chi connectivity index (χ4n) is 2.33. The highest BCUT2D eigenvalue weighted by Gasteiger charge is 2.16. The third-order valence-electron chi connectivity index (χ3n) is 4.04. The Hall–Kier alpha value is -1.74. The third kappa shape index (κ3) is 5.16. The molecule has 0 unspecified atom stereocenters. The van der Waals surface area contributed by atoms with Gasteiger partial charge in [-0.15, -0.1) is 0 Å². The van der Waals surface area contributed by atoms with E-state index in [0.29, 0.717) is 29.2 Å². The van der Waals surface area contributed by atoms with Gasteiger partial charge in [0.15, 0.2) is 5.96 Å². The fourth-order valence-corrected chi connectivity index (χ4v) is 3.65. The van der Waals surface area contributed by atoms with Gasteiger partial charge in [0.05, 0.1) is 16.5 Å². The second-order valence-corrected chi connectivity index (χ2v) is 8.96. The van der Waals surface area contributed by atoms with Crippen molar-refractivity contribution in [1.82, 2.24) is 19.5 Å². The van der Waals surface area contributed by atoms with Gasteiger partial charge in [-0.05, 0) is 23.8 Å². The molecule has 7 nitrogen and oxygen atoms in total. The van der Waals surface area contributed by atoms with E-state index in [9.17, 15) is 8.42 Å². The molecular formula is C17H23Cl2N5O2S. The number of sulfonamides is 1. The van der Waals surface area contributed by atoms with Crippen LogP contribution in [0.5, 0.6) is 0 Å². The van der Waals surface area contributed by atoms with Crippen molar-refractivity contribution in [3.8, 4) is 0 Å². The molecule has 27 heavy (non-hydrogen) atoms. The van der Waals surface area contributed by atoms with Gasteiger partial charge in [0.1, 0.15) is 5.15 Å². The lowest BCUT2D eigenvalue weighted by Gasteiger charge is -2.14. The van der Waals surface area contributed by atoms with E-state index in [1.807, 2.05) is 7.05 Å². The molecule has 1 aromatic heterocycles. The largest absolute Gasteiger partial charge is 0.352 e. The average molecular weight is 432 g/mol. The maximum atomic E-state index is 12.1. The second kappa shape index (κ2) is 8.97. The third-order valence-corrected chi connectivity index (χ3v) is 6.71. The van der Waals surface area contributed by atoms with E-state index >= 15 is 0 Å². The zero-order valence-electron chi connectivity index (χ0n) is 15.6. The highest BCUT2D eigenvalue weighted by Crippen LogP contribution is 2.24. The summed E-state index contributed by atoms with van der Waals surface area (Å²) in [5.41, 5.74) is 1.85. The summed E-state index contributed by atoms with van der Waals surface area (Å²) in [6.45, 7) is 0.999. The number of guanidine groups is 1. The predicted molar refractivity (Wildman–Crippen MR) is 110 cm³/mol. The van der Waals surface area contributed by atoms with Gasteiger partial charge in [-0.2, -0.15) is 0 Å². The molecule has 0 aliphatic heterocycles. The standard InChI is InChI=1S/C17H23Cl2N5O2S/c1-20-17(22-11-13-9-15(18)16(19)24(13)4)21-10-12-5-7-14(8-6-12)27(25,26)23(2)3/h5-9H,10-11H2,1-4H3,(H2,20,21,22). The van der Waals surface area contributed by atoms with Crippen LogP contribution in [-0.4, -0.2) is 44.4 Å². The average Bonchev–Trinajstić information content (AvgIpc) is 2.89. The maximum absolute atomic E-state index is 12.1. The minimum atomic E-state index is -3.42. The highest BCUT2D eigenvalue weighted by molar-refractivity contribution is 7.89. The van der Waals surface area contributed by atoms with Gasteiger partial charge in [-0.3, -0.25) is 4.99 Å². The molecule has 0 saturated carbocycles. The van der Waals surface area contributed by atoms with Crippen LogP contribution in [-0.2, 0) is 30.2 Å². The summed E-state index contributed by atoms with van der Waals surface area (Å²) >= 11 is 12.1. The van der Waals surface area contributed by atoms with Crippen molar-refractivity contribution in [2.75, 3.05) is 21.1 Å². The predicted octanol–water partition coefficient (Wildman–Crippen LogP) is 2.45. The summed E-state index contributed by atoms with van der Waals surface area (Å²) in [6.07, 6.45) is 0. The molecule has 2 aromatic rings. The van der Waals surface area contributed by atoms with Crippen molar-refractivity contribution < 1.29 is 8.42 Å². The van der Waals surface area contributed by atoms with Gasteiger partial charge < -0.3 is 15.2 Å². The van der Waals surface area contributed by atoms with Crippen LogP contribution in [0.4, 0.5) is 0 Å². The summed E-state index contributed by atoms with van der Waals surface area (Å²) in [5, 5.41) is 7.36. The molecular weight excluding hydrogens is 409 g/mol. The quantitative estimate of drug-likeness (QED) is 0.543. The molecule has 10 heteroatoms. The monoisotopic (exact) mass is 431 g/mol. The van der Waals surface area contributed by atoms with Crippen LogP contribution >= 0.6 is 23.2 Å². The van der Waals surface area contributed by atoms with E-state index in [4.69, 9.17) is 23.2 Å². The Balaban J connectivity index is 1.95. The lowest BCUT2D eigenvalue weighted by Crippen LogP contribution is -2.36. The minimum Gasteiger partial charge on any atom is -0.352 e. The van der Waals surface area contributed by atoms with Crippen LogP contribution in [0, 0.1) is 0 Å². The van der Waals surface area contributed by atoms with Gasteiger partial charge in [0, 0.05) is 40.4 Å². The summed E-state index contributed by atoms with van der Waals surface area (Å²) in [7, 11) is 3.11. The number of nitrogens with one attached hydrogen (secondary N) is 2. The zero-order valence-corrected chi connectivity index (χ0v) is 18.0. The molecule has 0 atom stereocenters. The molecule has 0 aliphatic carbocycles. The first-order valence-corrected chi connectivity index (χ1v) is 10.3. The van der Waals surface area contributed by atoms with E-state index < -0.39 is 10.0 Å². The molecule has 0 fully saturated rings. The van der Waals surface area contributed by atoms with Crippen molar-refractivity contribution in [1.29, 1.82) is 0 Å². The number of rotatable bonds is 6. The first-order chi connectivity index (χ1) is 12.7. The van der Waals surface area contributed by atoms with E-state index in [1.165, 1.54) is 18.4 Å². The lowest BCUT2D eigenvalue weighted by atomic mass is 10.2. The molecule has 1 aromatic carbocycles. The van der Waals surface area contributed by atoms with Crippen LogP contribution in [0.1, 0.15) is 11.3 Å². The van der Waals surface area contributed by atoms with E-state index in [2.05, 4.69) is 15.6 Å². The summed E-state index contributed by atoms with van der Waals surface area (Å²) in [5.74, 6) is 0.605. The Labute approximate surface area is 170 Å². The van der Waals surface area contributed by atoms with Gasteiger partial charge in [-0.1, -0.05) is 35.3 Å². The Morgan fingerprint density at radius 1 is 1.15 bits per heavy atom. The SMILES string of the molecule is CN=C(NCc1ccc(S(=O)(=O)N(C)C)cc1)NCc1cc(Cl)c(Cl)n1C. The maximum Gasteiger partial charge on any atom is 0.242 e. The number of aromatic nitrogens is 1. The number of hydrogen-bond acceptors (Lipinski definition) is 3. The number of nitrogens with zero attached hydrogens (tertiary/aromatic N) is 3. The topological polar surface area (TPSA) is 78.7 Å². The van der Waals surface area contributed by atoms with Gasteiger partial charge >= 0.3 is 0 Å². The van der Waals surface area contributed by atoms with Gasteiger partial charge in [-0.25, -0.2) is 12.7 Å². The number of hydrogen-bond donors (Lipinski definition) is 2. The smallest absolute Gasteiger partial charge is 0.242 e. The summed E-state index contributed by atoms with van der Waals surface area (Å²) in [6, 6.07) is 8.53. The van der Waals surface area contributed by atoms with Crippen molar-refractivity contribution in [3.63, 3.8) is 0 Å². The highest BCUT2D eigenvalue weighted by atomic mass is 35.5. The van der Waals surface area contributed by atoms with Crippen molar-refractivity contribution in [3.05, 3.63) is 51.8 Å². The minimum absolute atomic E-state index is 0.260. The second-order valence-electron chi connectivity index (χ2n) is 6.04. The Morgan fingerprint density at radius 2 is 1.74 bits per heavy atom. The summed E-state index contributed by atoms with van der Waals surface area (Å²) in [4.78, 5) is 4.43. The molecule has 1 heterocycles. The molecule has 0 spiro atoms. The number of aliphatic imine (C=N–C) groups is 1. The zero-order chi connectivity index (χ0) is 20.2. The molecule has 148 valence electrons. The van der Waals surface area contributed by atoms with Crippen LogP contribution < -0.4 is 10.6 Å². The van der Waals surface area contributed by atoms with E-state index in [-0.39, 0.29) is 4.90 Å². The molecule has 0 amide bonds. The summed E-state index contributed by atoms with van der Waals surface area (Å²) < 4.78 is 27.2. The first kappa shape index (κ1) is 21.6. The molecule has 0 radical (unpaired) electrons. The number of halogens is 2. The van der Waals surface area contributed by atoms with Gasteiger partial charge in [0.25, 0.3) is 0 Å². The molecule has 2 rings (SSSR count).